The molecule has 3 rings (SSSR count). The van der Waals surface area contributed by atoms with Crippen molar-refractivity contribution in [3.05, 3.63) is 62.6 Å². The van der Waals surface area contributed by atoms with E-state index in [1.807, 2.05) is 26.8 Å². The smallest absolute Gasteiger partial charge is 0.410 e. The average Bonchev–Trinajstić information content (AvgIpc) is 2.77. The van der Waals surface area contributed by atoms with Crippen molar-refractivity contribution in [2.75, 3.05) is 13.1 Å². The van der Waals surface area contributed by atoms with Gasteiger partial charge in [-0.1, -0.05) is 33.6 Å². The number of likely N-dealkylation sites (tertiary alicyclic amines) is 1. The van der Waals surface area contributed by atoms with Crippen LogP contribution in [0.3, 0.4) is 0 Å². The summed E-state index contributed by atoms with van der Waals surface area (Å²) in [6, 6.07) is 10.1. The topological polar surface area (TPSA) is 111 Å². The normalized spacial score (nSPS) is 15.2. The largest absolute Gasteiger partial charge is 0.489 e. The molecule has 3 amide bonds. The molecule has 1 unspecified atom stereocenters. The predicted molar refractivity (Wildman–Crippen MR) is 156 cm³/mol. The molecule has 1 atom stereocenters. The molecule has 1 saturated heterocycles. The molecule has 0 saturated carbocycles. The summed E-state index contributed by atoms with van der Waals surface area (Å²) < 4.78 is 18.0. The van der Waals surface area contributed by atoms with Gasteiger partial charge in [-0.3, -0.25) is 4.79 Å². The lowest BCUT2D eigenvalue weighted by atomic mass is 10.0. The SMILES string of the molecule is CC(C)(C)OC(=O)N(Cc1cc(OCc2ccc(Cl)cc2Br)cc(C(N)=O)c1)CC1CCN1C(=O)OC(C)(C)C. The molecular formula is C29H37BrClN3O6. The maximum atomic E-state index is 13.3. The van der Waals surface area contributed by atoms with Gasteiger partial charge in [0.2, 0.25) is 5.91 Å². The molecule has 0 bridgehead atoms. The fourth-order valence-electron chi connectivity index (χ4n) is 3.97. The van der Waals surface area contributed by atoms with Crippen LogP contribution in [-0.2, 0) is 22.6 Å². The molecule has 1 aliphatic rings. The number of primary amides is 1. The molecule has 1 heterocycles. The molecular weight excluding hydrogens is 602 g/mol. The molecule has 2 aromatic carbocycles. The number of halogens is 2. The Labute approximate surface area is 249 Å². The first-order valence-electron chi connectivity index (χ1n) is 13.0. The first-order chi connectivity index (χ1) is 18.5. The summed E-state index contributed by atoms with van der Waals surface area (Å²) in [7, 11) is 0. The minimum Gasteiger partial charge on any atom is -0.489 e. The summed E-state index contributed by atoms with van der Waals surface area (Å²) in [5.74, 6) is -0.213. The van der Waals surface area contributed by atoms with Gasteiger partial charge >= 0.3 is 12.2 Å². The van der Waals surface area contributed by atoms with Gasteiger partial charge in [0, 0.05) is 40.3 Å². The van der Waals surface area contributed by atoms with Crippen molar-refractivity contribution >= 4 is 45.6 Å². The zero-order valence-corrected chi connectivity index (χ0v) is 26.1. The molecule has 0 aromatic heterocycles. The monoisotopic (exact) mass is 637 g/mol. The fourth-order valence-corrected chi connectivity index (χ4v) is 4.77. The first kappa shape index (κ1) is 31.5. The van der Waals surface area contributed by atoms with Gasteiger partial charge < -0.3 is 29.7 Å². The van der Waals surface area contributed by atoms with E-state index in [9.17, 15) is 14.4 Å². The molecule has 40 heavy (non-hydrogen) atoms. The summed E-state index contributed by atoms with van der Waals surface area (Å²) in [5, 5.41) is 0.590. The molecule has 2 N–H and O–H groups in total. The van der Waals surface area contributed by atoms with Crippen molar-refractivity contribution in [3.8, 4) is 5.75 Å². The highest BCUT2D eigenvalue weighted by molar-refractivity contribution is 9.10. The van der Waals surface area contributed by atoms with Gasteiger partial charge in [0.05, 0.1) is 6.04 Å². The quantitative estimate of drug-likeness (QED) is 0.352. The van der Waals surface area contributed by atoms with E-state index >= 15 is 0 Å². The highest BCUT2D eigenvalue weighted by Gasteiger charge is 2.38. The molecule has 9 nitrogen and oxygen atoms in total. The molecule has 218 valence electrons. The van der Waals surface area contributed by atoms with Crippen LogP contribution in [0.5, 0.6) is 5.75 Å². The molecule has 0 aliphatic carbocycles. The van der Waals surface area contributed by atoms with Crippen LogP contribution in [0.2, 0.25) is 5.02 Å². The van der Waals surface area contributed by atoms with Gasteiger partial charge in [0.25, 0.3) is 0 Å². The Balaban J connectivity index is 1.83. The number of hydrogen-bond acceptors (Lipinski definition) is 6. The summed E-state index contributed by atoms with van der Waals surface area (Å²) in [5.41, 5.74) is 5.97. The van der Waals surface area contributed by atoms with E-state index in [2.05, 4.69) is 15.9 Å². The standard InChI is InChI=1S/C29H37BrClN3O6/c1-28(2,3)39-26(36)33(16-22-9-10-34(22)27(37)40-29(4,5)6)15-18-11-20(25(32)35)13-23(12-18)38-17-19-7-8-21(31)14-24(19)30/h7-8,11-14,22H,9-10,15-17H2,1-6H3,(H2,32,35). The van der Waals surface area contributed by atoms with Crippen LogP contribution < -0.4 is 10.5 Å². The third-order valence-corrected chi connectivity index (χ3v) is 6.86. The number of nitrogens with zero attached hydrogens (tertiary/aromatic N) is 2. The summed E-state index contributed by atoms with van der Waals surface area (Å²) in [4.78, 5) is 41.2. The van der Waals surface area contributed by atoms with E-state index in [0.717, 1.165) is 10.0 Å². The van der Waals surface area contributed by atoms with E-state index in [0.29, 0.717) is 29.3 Å². The number of carbonyl (C=O) groups excluding carboxylic acids is 3. The Morgan fingerprint density at radius 1 is 1.05 bits per heavy atom. The van der Waals surface area contributed by atoms with Crippen LogP contribution in [0, 0.1) is 0 Å². The van der Waals surface area contributed by atoms with Crippen LogP contribution in [0.25, 0.3) is 0 Å². The lowest BCUT2D eigenvalue weighted by molar-refractivity contribution is -0.0192. The number of nitrogens with two attached hydrogens (primary N) is 1. The van der Waals surface area contributed by atoms with Crippen LogP contribution in [0.4, 0.5) is 9.59 Å². The van der Waals surface area contributed by atoms with Gasteiger partial charge in [-0.15, -0.1) is 0 Å². The molecule has 11 heteroatoms. The van der Waals surface area contributed by atoms with Crippen molar-refractivity contribution in [1.82, 2.24) is 9.80 Å². The van der Waals surface area contributed by atoms with Crippen LogP contribution in [-0.4, -0.2) is 58.2 Å². The number of hydrogen-bond donors (Lipinski definition) is 1. The Bertz CT molecular complexity index is 1260. The Hall–Kier alpha value is -2.98. The number of ether oxygens (including phenoxy) is 3. The van der Waals surface area contributed by atoms with Gasteiger partial charge in [-0.25, -0.2) is 9.59 Å². The van der Waals surface area contributed by atoms with Gasteiger partial charge in [-0.05, 0) is 83.9 Å². The lowest BCUT2D eigenvalue weighted by Crippen LogP contribution is -2.57. The Kier molecular flexibility index (Phi) is 10.0. The van der Waals surface area contributed by atoms with Gasteiger partial charge in [0.15, 0.2) is 0 Å². The van der Waals surface area contributed by atoms with Gasteiger partial charge in [-0.2, -0.15) is 0 Å². The molecule has 2 aromatic rings. The lowest BCUT2D eigenvalue weighted by Gasteiger charge is -2.43. The second-order valence-corrected chi connectivity index (χ2v) is 13.0. The maximum absolute atomic E-state index is 13.3. The first-order valence-corrected chi connectivity index (χ1v) is 14.2. The van der Waals surface area contributed by atoms with Crippen LogP contribution in [0.1, 0.15) is 69.4 Å². The maximum Gasteiger partial charge on any atom is 0.410 e. The van der Waals surface area contributed by atoms with Crippen LogP contribution >= 0.6 is 27.5 Å². The number of benzene rings is 2. The summed E-state index contributed by atoms with van der Waals surface area (Å²) in [6.45, 7) is 11.9. The van der Waals surface area contributed by atoms with Crippen LogP contribution in [0.15, 0.2) is 40.9 Å². The Morgan fingerprint density at radius 3 is 2.27 bits per heavy atom. The zero-order chi connectivity index (χ0) is 29.8. The highest BCUT2D eigenvalue weighted by Crippen LogP contribution is 2.27. The van der Waals surface area contributed by atoms with E-state index in [1.54, 1.807) is 56.0 Å². The third-order valence-electron chi connectivity index (χ3n) is 5.89. The summed E-state index contributed by atoms with van der Waals surface area (Å²) in [6.07, 6.45) is -0.252. The second-order valence-electron chi connectivity index (χ2n) is 11.7. The van der Waals surface area contributed by atoms with E-state index in [4.69, 9.17) is 31.5 Å². The molecule has 0 radical (unpaired) electrons. The van der Waals surface area contributed by atoms with E-state index in [1.165, 1.54) is 4.90 Å². The van der Waals surface area contributed by atoms with Crippen molar-refractivity contribution in [3.63, 3.8) is 0 Å². The molecule has 0 spiro atoms. The van der Waals surface area contributed by atoms with E-state index in [-0.39, 0.29) is 31.3 Å². The van der Waals surface area contributed by atoms with Crippen molar-refractivity contribution in [2.45, 2.75) is 78.4 Å². The van der Waals surface area contributed by atoms with E-state index < -0.39 is 29.3 Å². The highest BCUT2D eigenvalue weighted by atomic mass is 79.9. The minimum atomic E-state index is -0.727. The summed E-state index contributed by atoms with van der Waals surface area (Å²) >= 11 is 9.51. The number of amides is 3. The van der Waals surface area contributed by atoms with Crippen molar-refractivity contribution in [1.29, 1.82) is 0 Å². The van der Waals surface area contributed by atoms with Crippen molar-refractivity contribution < 1.29 is 28.6 Å². The zero-order valence-electron chi connectivity index (χ0n) is 23.8. The number of carbonyl (C=O) groups is 3. The fraction of sp³-hybridized carbons (Fsp3) is 0.483. The predicted octanol–water partition coefficient (Wildman–Crippen LogP) is 6.53. The Morgan fingerprint density at radius 2 is 1.73 bits per heavy atom. The minimum absolute atomic E-state index is 0.107. The average molecular weight is 639 g/mol. The second kappa shape index (κ2) is 12.7. The third kappa shape index (κ3) is 9.30. The number of rotatable bonds is 8. The van der Waals surface area contributed by atoms with Crippen molar-refractivity contribution in [2.24, 2.45) is 5.73 Å². The molecule has 1 fully saturated rings. The van der Waals surface area contributed by atoms with Gasteiger partial charge in [0.1, 0.15) is 23.6 Å². The molecule has 1 aliphatic heterocycles.